The third-order valence-corrected chi connectivity index (χ3v) is 5.03. The first-order valence-corrected chi connectivity index (χ1v) is 7.61. The molecule has 2 rings (SSSR count). The van der Waals surface area contributed by atoms with E-state index in [4.69, 9.17) is 9.68 Å². The molecule has 19 heavy (non-hydrogen) atoms. The van der Waals surface area contributed by atoms with Crippen LogP contribution >= 0.6 is 0 Å². The van der Waals surface area contributed by atoms with E-state index < -0.39 is 14.6 Å². The molecule has 1 heterocycles. The lowest BCUT2D eigenvalue weighted by Gasteiger charge is -2.19. The summed E-state index contributed by atoms with van der Waals surface area (Å²) in [6.45, 7) is 3.17. The number of nitriles is 1. The summed E-state index contributed by atoms with van der Waals surface area (Å²) in [5.41, 5.74) is 2.06. The Kier molecular flexibility index (Phi) is 3.11. The molecule has 5 nitrogen and oxygen atoms in total. The minimum Gasteiger partial charge on any atom is -0.441 e. The molecule has 6 heteroatoms. The molecule has 0 aliphatic rings. The van der Waals surface area contributed by atoms with Gasteiger partial charge in [-0.15, -0.1) is 0 Å². The van der Waals surface area contributed by atoms with Gasteiger partial charge in [-0.05, 0) is 24.6 Å². The lowest BCUT2D eigenvalue weighted by molar-refractivity contribution is 0.559. The molecule has 0 spiro atoms. The quantitative estimate of drug-likeness (QED) is 0.857. The van der Waals surface area contributed by atoms with Crippen LogP contribution in [-0.4, -0.2) is 24.4 Å². The summed E-state index contributed by atoms with van der Waals surface area (Å²) in [6, 6.07) is 7.15. The Morgan fingerprint density at radius 3 is 2.74 bits per heavy atom. The Bertz CT molecular complexity index is 771. The third kappa shape index (κ3) is 2.47. The predicted molar refractivity (Wildman–Crippen MR) is 71.3 cm³/mol. The molecule has 0 amide bonds. The summed E-state index contributed by atoms with van der Waals surface area (Å²) in [5.74, 6) is 0.554. The molecule has 1 aromatic heterocycles. The largest absolute Gasteiger partial charge is 0.441 e. The van der Waals surface area contributed by atoms with E-state index in [-0.39, 0.29) is 6.42 Å². The zero-order valence-electron chi connectivity index (χ0n) is 11.0. The van der Waals surface area contributed by atoms with E-state index in [2.05, 4.69) is 4.98 Å². The van der Waals surface area contributed by atoms with Gasteiger partial charge in [0.15, 0.2) is 26.1 Å². The maximum Gasteiger partial charge on any atom is 0.192 e. The van der Waals surface area contributed by atoms with Gasteiger partial charge in [0.1, 0.15) is 5.52 Å². The van der Waals surface area contributed by atoms with Crippen molar-refractivity contribution in [3.63, 3.8) is 0 Å². The molecule has 0 N–H and O–H groups in total. The van der Waals surface area contributed by atoms with Gasteiger partial charge in [-0.2, -0.15) is 5.26 Å². The number of oxazole rings is 1. The molecule has 0 saturated heterocycles. The van der Waals surface area contributed by atoms with Gasteiger partial charge in [-0.3, -0.25) is 0 Å². The fourth-order valence-electron chi connectivity index (χ4n) is 1.84. The summed E-state index contributed by atoms with van der Waals surface area (Å²) in [6.07, 6.45) is 1.20. The second kappa shape index (κ2) is 4.35. The predicted octanol–water partition coefficient (Wildman–Crippen LogP) is 2.01. The minimum absolute atomic E-state index is 0.123. The van der Waals surface area contributed by atoms with Crippen LogP contribution < -0.4 is 0 Å². The standard InChI is InChI=1S/C13H14N2O3S/c1-9-15-11-5-4-10(6-12(11)18-9)7-13(2,8-14)19(3,16)17/h4-6H,7H2,1-3H3. The van der Waals surface area contributed by atoms with Crippen molar-refractivity contribution in [3.8, 4) is 6.07 Å². The number of aromatic nitrogens is 1. The Balaban J connectivity index is 2.43. The maximum atomic E-state index is 11.7. The van der Waals surface area contributed by atoms with Crippen LogP contribution in [0.5, 0.6) is 0 Å². The average molecular weight is 278 g/mol. The van der Waals surface area contributed by atoms with Crippen LogP contribution in [0.4, 0.5) is 0 Å². The number of nitrogens with zero attached hydrogens (tertiary/aromatic N) is 2. The minimum atomic E-state index is -3.47. The van der Waals surface area contributed by atoms with E-state index in [0.29, 0.717) is 11.5 Å². The Labute approximate surface area is 111 Å². The maximum absolute atomic E-state index is 11.7. The molecule has 0 bridgehead atoms. The van der Waals surface area contributed by atoms with Gasteiger partial charge in [-0.25, -0.2) is 13.4 Å². The van der Waals surface area contributed by atoms with E-state index in [1.54, 1.807) is 25.1 Å². The van der Waals surface area contributed by atoms with Gasteiger partial charge >= 0.3 is 0 Å². The zero-order valence-corrected chi connectivity index (χ0v) is 11.8. The fourth-order valence-corrected chi connectivity index (χ4v) is 2.43. The highest BCUT2D eigenvalue weighted by Crippen LogP contribution is 2.24. The summed E-state index contributed by atoms with van der Waals surface area (Å²) >= 11 is 0. The molecule has 0 aliphatic heterocycles. The van der Waals surface area contributed by atoms with Crippen LogP contribution in [0, 0.1) is 18.3 Å². The normalized spacial score (nSPS) is 15.1. The zero-order chi connectivity index (χ0) is 14.3. The molecular weight excluding hydrogens is 264 g/mol. The SMILES string of the molecule is Cc1nc2ccc(CC(C)(C#N)S(C)(=O)=O)cc2o1. The molecule has 0 aliphatic carbocycles. The van der Waals surface area contributed by atoms with Crippen LogP contribution in [0.1, 0.15) is 18.4 Å². The monoisotopic (exact) mass is 278 g/mol. The van der Waals surface area contributed by atoms with Crippen molar-refractivity contribution in [2.45, 2.75) is 25.0 Å². The second-order valence-corrected chi connectivity index (χ2v) is 7.27. The van der Waals surface area contributed by atoms with Crippen LogP contribution in [0.3, 0.4) is 0 Å². The summed E-state index contributed by atoms with van der Waals surface area (Å²) in [4.78, 5) is 4.17. The Morgan fingerprint density at radius 1 is 1.47 bits per heavy atom. The van der Waals surface area contributed by atoms with Crippen LogP contribution in [0.2, 0.25) is 0 Å². The number of aryl methyl sites for hydroxylation is 1. The summed E-state index contributed by atoms with van der Waals surface area (Å²) in [7, 11) is -3.47. The highest BCUT2D eigenvalue weighted by atomic mass is 32.2. The van der Waals surface area contributed by atoms with E-state index in [1.807, 2.05) is 6.07 Å². The van der Waals surface area contributed by atoms with E-state index >= 15 is 0 Å². The van der Waals surface area contributed by atoms with Crippen molar-refractivity contribution in [1.82, 2.24) is 4.98 Å². The van der Waals surface area contributed by atoms with E-state index in [9.17, 15) is 8.42 Å². The van der Waals surface area contributed by atoms with Gasteiger partial charge in [0.2, 0.25) is 0 Å². The number of fused-ring (bicyclic) bond motifs is 1. The first-order valence-electron chi connectivity index (χ1n) is 5.72. The fraction of sp³-hybridized carbons (Fsp3) is 0.385. The lowest BCUT2D eigenvalue weighted by atomic mass is 10.0. The van der Waals surface area contributed by atoms with E-state index in [1.165, 1.54) is 6.92 Å². The smallest absolute Gasteiger partial charge is 0.192 e. The van der Waals surface area contributed by atoms with Gasteiger partial charge in [-0.1, -0.05) is 6.07 Å². The molecule has 1 unspecified atom stereocenters. The van der Waals surface area contributed by atoms with Crippen LogP contribution in [0.25, 0.3) is 11.1 Å². The van der Waals surface area contributed by atoms with Crippen LogP contribution in [-0.2, 0) is 16.3 Å². The first-order chi connectivity index (χ1) is 8.75. The van der Waals surface area contributed by atoms with Crippen LogP contribution in [0.15, 0.2) is 22.6 Å². The molecule has 0 saturated carbocycles. The summed E-state index contributed by atoms with van der Waals surface area (Å²) < 4.78 is 27.4. The van der Waals surface area contributed by atoms with Crippen molar-refractivity contribution in [2.75, 3.05) is 6.26 Å². The highest BCUT2D eigenvalue weighted by Gasteiger charge is 2.36. The first kappa shape index (κ1) is 13.6. The Morgan fingerprint density at radius 2 is 2.16 bits per heavy atom. The van der Waals surface area contributed by atoms with Gasteiger partial charge in [0.25, 0.3) is 0 Å². The van der Waals surface area contributed by atoms with Crippen molar-refractivity contribution in [3.05, 3.63) is 29.7 Å². The molecule has 1 atom stereocenters. The topological polar surface area (TPSA) is 84.0 Å². The van der Waals surface area contributed by atoms with Gasteiger partial charge < -0.3 is 4.42 Å². The molecule has 1 aromatic carbocycles. The van der Waals surface area contributed by atoms with E-state index in [0.717, 1.165) is 17.3 Å². The van der Waals surface area contributed by atoms with Crippen molar-refractivity contribution >= 4 is 20.9 Å². The summed E-state index contributed by atoms with van der Waals surface area (Å²) in [5, 5.41) is 9.13. The number of hydrogen-bond donors (Lipinski definition) is 0. The Hall–Kier alpha value is -1.87. The molecule has 0 radical (unpaired) electrons. The number of hydrogen-bond acceptors (Lipinski definition) is 5. The number of sulfone groups is 1. The molecule has 2 aromatic rings. The van der Waals surface area contributed by atoms with Crippen molar-refractivity contribution < 1.29 is 12.8 Å². The average Bonchev–Trinajstić information content (AvgIpc) is 2.66. The number of rotatable bonds is 3. The molecule has 0 fully saturated rings. The third-order valence-electron chi connectivity index (χ3n) is 3.16. The van der Waals surface area contributed by atoms with Crippen molar-refractivity contribution in [2.24, 2.45) is 0 Å². The van der Waals surface area contributed by atoms with Gasteiger partial charge in [0.05, 0.1) is 6.07 Å². The van der Waals surface area contributed by atoms with Crippen molar-refractivity contribution in [1.29, 1.82) is 5.26 Å². The molecule has 100 valence electrons. The van der Waals surface area contributed by atoms with Gasteiger partial charge in [0, 0.05) is 19.6 Å². The molecular formula is C13H14N2O3S. The number of benzene rings is 1. The second-order valence-electron chi connectivity index (χ2n) is 4.83. The highest BCUT2D eigenvalue weighted by molar-refractivity contribution is 7.92. The lowest BCUT2D eigenvalue weighted by Crippen LogP contribution is -2.35.